The highest BCUT2D eigenvalue weighted by Crippen LogP contribution is 2.30. The van der Waals surface area contributed by atoms with E-state index in [9.17, 15) is 0 Å². The quantitative estimate of drug-likeness (QED) is 0.685. The maximum absolute atomic E-state index is 5.31. The predicted molar refractivity (Wildman–Crippen MR) is 81.4 cm³/mol. The largest absolute Gasteiger partial charge is 0.495 e. The zero-order valence-electron chi connectivity index (χ0n) is 10.4. The Hall–Kier alpha value is -1.87. The average Bonchev–Trinajstić information content (AvgIpc) is 2.47. The fraction of sp³-hybridized carbons (Fsp3) is 0.0625. The van der Waals surface area contributed by atoms with Gasteiger partial charge in [-0.25, -0.2) is 4.98 Å². The molecular formula is C16H12BrNO. The van der Waals surface area contributed by atoms with Crippen LogP contribution in [-0.2, 0) is 0 Å². The molecule has 19 heavy (non-hydrogen) atoms. The summed E-state index contributed by atoms with van der Waals surface area (Å²) in [6.07, 6.45) is 0. The maximum atomic E-state index is 5.31. The highest BCUT2D eigenvalue weighted by molar-refractivity contribution is 9.10. The monoisotopic (exact) mass is 313 g/mol. The Bertz CT molecular complexity index is 725. The molecule has 0 saturated carbocycles. The number of ether oxygens (including phenoxy) is 1. The number of halogens is 1. The molecule has 3 aromatic rings. The minimum atomic E-state index is 0.796. The van der Waals surface area contributed by atoms with E-state index in [1.807, 2.05) is 36.4 Å². The summed E-state index contributed by atoms with van der Waals surface area (Å²) in [6, 6.07) is 18.2. The lowest BCUT2D eigenvalue weighted by molar-refractivity contribution is 0.412. The predicted octanol–water partition coefficient (Wildman–Crippen LogP) is 4.67. The lowest BCUT2D eigenvalue weighted by Gasteiger charge is -2.07. The summed E-state index contributed by atoms with van der Waals surface area (Å²) >= 11 is 3.49. The molecule has 0 aliphatic heterocycles. The Morgan fingerprint density at radius 3 is 2.53 bits per heavy atom. The summed E-state index contributed by atoms with van der Waals surface area (Å²) < 4.78 is 6.25. The first-order valence-electron chi connectivity index (χ1n) is 5.97. The van der Waals surface area contributed by atoms with Crippen molar-refractivity contribution in [3.63, 3.8) is 0 Å². The fourth-order valence-electron chi connectivity index (χ4n) is 2.05. The van der Waals surface area contributed by atoms with Crippen molar-refractivity contribution in [3.8, 4) is 17.0 Å². The molecule has 0 radical (unpaired) electrons. The second kappa shape index (κ2) is 5.02. The van der Waals surface area contributed by atoms with Gasteiger partial charge < -0.3 is 4.74 Å². The van der Waals surface area contributed by atoms with Gasteiger partial charge in [0.1, 0.15) is 5.75 Å². The number of benzene rings is 2. The molecule has 0 spiro atoms. The van der Waals surface area contributed by atoms with Gasteiger partial charge in [-0.1, -0.05) is 36.4 Å². The van der Waals surface area contributed by atoms with E-state index in [1.165, 1.54) is 0 Å². The number of methoxy groups -OCH3 is 1. The molecule has 0 fully saturated rings. The fourth-order valence-corrected chi connectivity index (χ4v) is 2.57. The number of nitrogens with zero attached hydrogens (tertiary/aromatic N) is 1. The van der Waals surface area contributed by atoms with Gasteiger partial charge in [0.25, 0.3) is 0 Å². The standard InChI is InChI=1S/C16H12BrNO/c1-19-16-10-15-12(9-13(16)17)7-8-14(18-15)11-5-3-2-4-6-11/h2-10H,1H3. The van der Waals surface area contributed by atoms with E-state index in [-0.39, 0.29) is 0 Å². The van der Waals surface area contributed by atoms with Crippen LogP contribution in [-0.4, -0.2) is 12.1 Å². The second-order valence-corrected chi connectivity index (χ2v) is 5.10. The zero-order chi connectivity index (χ0) is 13.2. The van der Waals surface area contributed by atoms with Gasteiger partial charge in [0.05, 0.1) is 22.8 Å². The molecule has 2 aromatic carbocycles. The molecule has 94 valence electrons. The summed E-state index contributed by atoms with van der Waals surface area (Å²) in [5.74, 6) is 0.796. The number of aromatic nitrogens is 1. The van der Waals surface area contributed by atoms with E-state index in [1.54, 1.807) is 7.11 Å². The first-order valence-corrected chi connectivity index (χ1v) is 6.77. The Labute approximate surface area is 120 Å². The van der Waals surface area contributed by atoms with Crippen LogP contribution in [0.25, 0.3) is 22.2 Å². The van der Waals surface area contributed by atoms with Crippen LogP contribution in [0.1, 0.15) is 0 Å². The Balaban J connectivity index is 2.18. The van der Waals surface area contributed by atoms with Crippen molar-refractivity contribution < 1.29 is 4.74 Å². The summed E-state index contributed by atoms with van der Waals surface area (Å²) in [6.45, 7) is 0. The van der Waals surface area contributed by atoms with Gasteiger partial charge in [-0.3, -0.25) is 0 Å². The SMILES string of the molecule is COc1cc2nc(-c3ccccc3)ccc2cc1Br. The molecule has 0 bridgehead atoms. The van der Waals surface area contributed by atoms with E-state index < -0.39 is 0 Å². The van der Waals surface area contributed by atoms with Gasteiger partial charge in [0.15, 0.2) is 0 Å². The average molecular weight is 314 g/mol. The molecule has 2 nitrogen and oxygen atoms in total. The van der Waals surface area contributed by atoms with Gasteiger partial charge in [-0.05, 0) is 28.1 Å². The van der Waals surface area contributed by atoms with Gasteiger partial charge in [0.2, 0.25) is 0 Å². The number of hydrogen-bond donors (Lipinski definition) is 0. The molecule has 3 heteroatoms. The van der Waals surface area contributed by atoms with E-state index in [4.69, 9.17) is 9.72 Å². The van der Waals surface area contributed by atoms with Crippen molar-refractivity contribution in [1.29, 1.82) is 0 Å². The van der Waals surface area contributed by atoms with Crippen LogP contribution in [0.5, 0.6) is 5.75 Å². The van der Waals surface area contributed by atoms with Gasteiger partial charge >= 0.3 is 0 Å². The molecule has 0 aliphatic carbocycles. The van der Waals surface area contributed by atoms with Crippen molar-refractivity contribution in [2.75, 3.05) is 7.11 Å². The summed E-state index contributed by atoms with van der Waals surface area (Å²) in [7, 11) is 1.66. The molecule has 0 aliphatic rings. The smallest absolute Gasteiger partial charge is 0.135 e. The minimum absolute atomic E-state index is 0.796. The minimum Gasteiger partial charge on any atom is -0.495 e. The number of pyridine rings is 1. The summed E-state index contributed by atoms with van der Waals surface area (Å²) in [5.41, 5.74) is 3.02. The van der Waals surface area contributed by atoms with E-state index in [2.05, 4.69) is 34.1 Å². The summed E-state index contributed by atoms with van der Waals surface area (Å²) in [5, 5.41) is 1.09. The topological polar surface area (TPSA) is 22.1 Å². The van der Waals surface area contributed by atoms with Crippen LogP contribution in [0.4, 0.5) is 0 Å². The molecule has 0 unspecified atom stereocenters. The lowest BCUT2D eigenvalue weighted by Crippen LogP contribution is -1.88. The molecule has 0 amide bonds. The summed E-state index contributed by atoms with van der Waals surface area (Å²) in [4.78, 5) is 4.69. The molecular weight excluding hydrogens is 302 g/mol. The third kappa shape index (κ3) is 2.34. The van der Waals surface area contributed by atoms with Crippen LogP contribution in [0.3, 0.4) is 0 Å². The van der Waals surface area contributed by atoms with Gasteiger partial charge in [0, 0.05) is 17.0 Å². The van der Waals surface area contributed by atoms with Crippen LogP contribution in [0.15, 0.2) is 59.1 Å². The third-order valence-electron chi connectivity index (χ3n) is 3.03. The second-order valence-electron chi connectivity index (χ2n) is 4.24. The van der Waals surface area contributed by atoms with Crippen molar-refractivity contribution >= 4 is 26.8 Å². The Morgan fingerprint density at radius 2 is 1.79 bits per heavy atom. The molecule has 1 heterocycles. The van der Waals surface area contributed by atoms with Crippen molar-refractivity contribution in [3.05, 3.63) is 59.1 Å². The Morgan fingerprint density at radius 1 is 1.00 bits per heavy atom. The molecule has 1 aromatic heterocycles. The molecule has 0 atom stereocenters. The number of fused-ring (bicyclic) bond motifs is 1. The van der Waals surface area contributed by atoms with Crippen molar-refractivity contribution in [2.24, 2.45) is 0 Å². The zero-order valence-corrected chi connectivity index (χ0v) is 12.0. The molecule has 0 N–H and O–H groups in total. The van der Waals surface area contributed by atoms with E-state index >= 15 is 0 Å². The first kappa shape index (κ1) is 12.2. The molecule has 0 saturated heterocycles. The van der Waals surface area contributed by atoms with Gasteiger partial charge in [-0.2, -0.15) is 0 Å². The van der Waals surface area contributed by atoms with Gasteiger partial charge in [-0.15, -0.1) is 0 Å². The normalized spacial score (nSPS) is 10.6. The highest BCUT2D eigenvalue weighted by atomic mass is 79.9. The van der Waals surface area contributed by atoms with Crippen LogP contribution >= 0.6 is 15.9 Å². The highest BCUT2D eigenvalue weighted by Gasteiger charge is 2.05. The van der Waals surface area contributed by atoms with Crippen molar-refractivity contribution in [1.82, 2.24) is 4.98 Å². The Kier molecular flexibility index (Phi) is 3.22. The van der Waals surface area contributed by atoms with Crippen LogP contribution in [0, 0.1) is 0 Å². The molecule has 3 rings (SSSR count). The number of hydrogen-bond acceptors (Lipinski definition) is 2. The third-order valence-corrected chi connectivity index (χ3v) is 3.65. The maximum Gasteiger partial charge on any atom is 0.135 e. The van der Waals surface area contributed by atoms with E-state index in [0.717, 1.165) is 32.4 Å². The van der Waals surface area contributed by atoms with Crippen molar-refractivity contribution in [2.45, 2.75) is 0 Å². The van der Waals surface area contributed by atoms with Crippen LogP contribution in [0.2, 0.25) is 0 Å². The van der Waals surface area contributed by atoms with E-state index in [0.29, 0.717) is 0 Å². The number of rotatable bonds is 2. The van der Waals surface area contributed by atoms with Crippen LogP contribution < -0.4 is 4.74 Å². The lowest BCUT2D eigenvalue weighted by atomic mass is 10.1. The first-order chi connectivity index (χ1) is 9.28.